The Morgan fingerprint density at radius 2 is 2.57 bits per heavy atom. The number of nitrogens with zero attached hydrogens (tertiary/aromatic N) is 1. The number of carbonyl (C=O) groups is 1. The molecule has 0 fully saturated rings. The van der Waals surface area contributed by atoms with Crippen LogP contribution in [-0.4, -0.2) is 29.9 Å². The maximum absolute atomic E-state index is 11.4. The van der Waals surface area contributed by atoms with Gasteiger partial charge in [0, 0.05) is 12.3 Å². The second-order valence-corrected chi connectivity index (χ2v) is 4.61. The SMILES string of the molecule is CPNC(=O)c1cnc(NCCS)s1. The minimum absolute atomic E-state index is 0.0535. The van der Waals surface area contributed by atoms with Gasteiger partial charge in [-0.2, -0.15) is 12.6 Å². The van der Waals surface area contributed by atoms with Crippen molar-refractivity contribution in [3.63, 3.8) is 0 Å². The van der Waals surface area contributed by atoms with Gasteiger partial charge in [-0.15, -0.1) is 0 Å². The number of hydrogen-bond donors (Lipinski definition) is 3. The Morgan fingerprint density at radius 3 is 3.21 bits per heavy atom. The molecule has 1 unspecified atom stereocenters. The molecule has 78 valence electrons. The lowest BCUT2D eigenvalue weighted by Crippen LogP contribution is -2.11. The molecule has 0 aliphatic heterocycles. The third-order valence-corrected chi connectivity index (χ3v) is 3.01. The van der Waals surface area contributed by atoms with Crippen molar-refractivity contribution in [2.75, 3.05) is 24.3 Å². The largest absolute Gasteiger partial charge is 0.361 e. The predicted molar refractivity (Wildman–Crippen MR) is 66.2 cm³/mol. The molecule has 0 aliphatic rings. The standard InChI is InChI=1S/C7H12N3OPS2/c1-12-10-6(11)5-4-9-7(14-5)8-2-3-13/h4,12-13H,2-3H2,1H3,(H,8,9)(H,10,11). The first-order chi connectivity index (χ1) is 6.77. The quantitative estimate of drug-likeness (QED) is 0.546. The van der Waals surface area contributed by atoms with Crippen LogP contribution in [0.1, 0.15) is 9.67 Å². The third-order valence-electron chi connectivity index (χ3n) is 1.36. The van der Waals surface area contributed by atoms with E-state index >= 15 is 0 Å². The van der Waals surface area contributed by atoms with Gasteiger partial charge in [0.15, 0.2) is 5.13 Å². The van der Waals surface area contributed by atoms with E-state index in [1.165, 1.54) is 11.3 Å². The average Bonchev–Trinajstić information content (AvgIpc) is 2.63. The van der Waals surface area contributed by atoms with Gasteiger partial charge < -0.3 is 10.4 Å². The van der Waals surface area contributed by atoms with Crippen LogP contribution in [0.5, 0.6) is 0 Å². The van der Waals surface area contributed by atoms with Crippen LogP contribution in [0.4, 0.5) is 5.13 Å². The molecule has 1 aromatic rings. The van der Waals surface area contributed by atoms with Crippen molar-refractivity contribution >= 4 is 43.7 Å². The van der Waals surface area contributed by atoms with Crippen LogP contribution >= 0.6 is 32.7 Å². The molecule has 0 spiro atoms. The fourth-order valence-electron chi connectivity index (χ4n) is 0.799. The van der Waals surface area contributed by atoms with Gasteiger partial charge in [-0.1, -0.05) is 11.3 Å². The number of thiazole rings is 1. The van der Waals surface area contributed by atoms with Gasteiger partial charge in [0.25, 0.3) is 5.91 Å². The number of hydrogen-bond acceptors (Lipinski definition) is 5. The van der Waals surface area contributed by atoms with E-state index in [0.29, 0.717) is 13.6 Å². The van der Waals surface area contributed by atoms with Crippen LogP contribution in [0.3, 0.4) is 0 Å². The smallest absolute Gasteiger partial charge is 0.266 e. The number of thiol groups is 1. The molecule has 7 heteroatoms. The first-order valence-corrected chi connectivity index (χ1v) is 7.00. The molecule has 1 amide bonds. The monoisotopic (exact) mass is 249 g/mol. The van der Waals surface area contributed by atoms with Crippen molar-refractivity contribution in [3.05, 3.63) is 11.1 Å². The molecular weight excluding hydrogens is 237 g/mol. The zero-order valence-electron chi connectivity index (χ0n) is 7.70. The predicted octanol–water partition coefficient (Wildman–Crippen LogP) is 1.44. The molecule has 0 radical (unpaired) electrons. The van der Waals surface area contributed by atoms with Crippen molar-refractivity contribution in [2.45, 2.75) is 0 Å². The van der Waals surface area contributed by atoms with Gasteiger partial charge >= 0.3 is 0 Å². The fraction of sp³-hybridized carbons (Fsp3) is 0.429. The van der Waals surface area contributed by atoms with Crippen molar-refractivity contribution in [1.82, 2.24) is 10.1 Å². The summed E-state index contributed by atoms with van der Waals surface area (Å²) in [7, 11) is 0.421. The highest BCUT2D eigenvalue weighted by atomic mass is 32.1. The van der Waals surface area contributed by atoms with Gasteiger partial charge in [-0.25, -0.2) is 4.98 Å². The summed E-state index contributed by atoms with van der Waals surface area (Å²) >= 11 is 5.43. The molecule has 0 bridgehead atoms. The third kappa shape index (κ3) is 3.44. The van der Waals surface area contributed by atoms with Crippen LogP contribution in [0, 0.1) is 0 Å². The number of carbonyl (C=O) groups excluding carboxylic acids is 1. The van der Waals surface area contributed by atoms with Crippen LogP contribution in [-0.2, 0) is 0 Å². The van der Waals surface area contributed by atoms with E-state index in [9.17, 15) is 4.79 Å². The van der Waals surface area contributed by atoms with Crippen molar-refractivity contribution in [3.8, 4) is 0 Å². The average molecular weight is 249 g/mol. The molecule has 14 heavy (non-hydrogen) atoms. The molecule has 0 saturated carbocycles. The van der Waals surface area contributed by atoms with Gasteiger partial charge in [0.1, 0.15) is 4.88 Å². The molecule has 0 aromatic carbocycles. The molecular formula is C7H12N3OPS2. The van der Waals surface area contributed by atoms with Gasteiger partial charge in [0.05, 0.1) is 6.20 Å². The zero-order valence-corrected chi connectivity index (χ0v) is 10.4. The van der Waals surface area contributed by atoms with Crippen molar-refractivity contribution < 1.29 is 4.79 Å². The Bertz CT molecular complexity index is 305. The summed E-state index contributed by atoms with van der Waals surface area (Å²) in [5, 5.41) is 6.58. The van der Waals surface area contributed by atoms with Gasteiger partial charge in [-0.05, 0) is 15.4 Å². The summed E-state index contributed by atoms with van der Waals surface area (Å²) in [6, 6.07) is 0. The first kappa shape index (κ1) is 11.8. The molecule has 1 atom stereocenters. The highest BCUT2D eigenvalue weighted by Crippen LogP contribution is 2.18. The topological polar surface area (TPSA) is 54.0 Å². The summed E-state index contributed by atoms with van der Waals surface area (Å²) in [6.45, 7) is 2.67. The molecule has 1 rings (SSSR count). The molecule has 1 aromatic heterocycles. The lowest BCUT2D eigenvalue weighted by atomic mass is 10.5. The lowest BCUT2D eigenvalue weighted by Gasteiger charge is -1.97. The van der Waals surface area contributed by atoms with Gasteiger partial charge in [-0.3, -0.25) is 4.79 Å². The van der Waals surface area contributed by atoms with E-state index in [4.69, 9.17) is 0 Å². The van der Waals surface area contributed by atoms with Crippen molar-refractivity contribution in [1.29, 1.82) is 0 Å². The van der Waals surface area contributed by atoms with Crippen LogP contribution in [0.25, 0.3) is 0 Å². The summed E-state index contributed by atoms with van der Waals surface area (Å²) in [5.74, 6) is 0.694. The Labute approximate surface area is 94.1 Å². The maximum atomic E-state index is 11.4. The highest BCUT2D eigenvalue weighted by molar-refractivity contribution is 7.80. The van der Waals surface area contributed by atoms with Crippen LogP contribution < -0.4 is 10.4 Å². The normalized spacial score (nSPS) is 10.7. The lowest BCUT2D eigenvalue weighted by molar-refractivity contribution is 0.0987. The van der Waals surface area contributed by atoms with E-state index in [1.807, 2.05) is 6.66 Å². The molecule has 0 saturated heterocycles. The highest BCUT2D eigenvalue weighted by Gasteiger charge is 2.08. The summed E-state index contributed by atoms with van der Waals surface area (Å²) in [6.07, 6.45) is 1.58. The van der Waals surface area contributed by atoms with Crippen LogP contribution in [0.2, 0.25) is 0 Å². The van der Waals surface area contributed by atoms with E-state index in [0.717, 1.165) is 17.4 Å². The van der Waals surface area contributed by atoms with E-state index < -0.39 is 0 Å². The summed E-state index contributed by atoms with van der Waals surface area (Å²) in [4.78, 5) is 16.1. The minimum Gasteiger partial charge on any atom is -0.361 e. The second-order valence-electron chi connectivity index (χ2n) is 2.38. The van der Waals surface area contributed by atoms with Crippen LogP contribution in [0.15, 0.2) is 6.20 Å². The Kier molecular flexibility index (Phi) is 5.22. The van der Waals surface area contributed by atoms with E-state index in [-0.39, 0.29) is 5.91 Å². The number of aromatic nitrogens is 1. The maximum Gasteiger partial charge on any atom is 0.266 e. The number of amides is 1. The number of nitrogens with one attached hydrogen (secondary N) is 2. The Morgan fingerprint density at radius 1 is 1.79 bits per heavy atom. The molecule has 1 heterocycles. The van der Waals surface area contributed by atoms with Crippen molar-refractivity contribution in [2.24, 2.45) is 0 Å². The zero-order chi connectivity index (χ0) is 10.4. The number of anilines is 1. The fourth-order valence-corrected chi connectivity index (χ4v) is 2.10. The second kappa shape index (κ2) is 6.22. The van der Waals surface area contributed by atoms with E-state index in [2.05, 4.69) is 28.0 Å². The first-order valence-electron chi connectivity index (χ1n) is 4.05. The number of rotatable bonds is 5. The Balaban J connectivity index is 2.54. The minimum atomic E-state index is -0.0535. The summed E-state index contributed by atoms with van der Waals surface area (Å²) in [5.41, 5.74) is 0. The Hall–Kier alpha value is -0.320. The van der Waals surface area contributed by atoms with E-state index in [1.54, 1.807) is 6.20 Å². The molecule has 0 aliphatic carbocycles. The summed E-state index contributed by atoms with van der Waals surface area (Å²) < 4.78 is 0. The van der Waals surface area contributed by atoms with Gasteiger partial charge in [0.2, 0.25) is 0 Å². The molecule has 2 N–H and O–H groups in total. The molecule has 4 nitrogen and oxygen atoms in total.